The highest BCUT2D eigenvalue weighted by Crippen LogP contribution is 2.29. The van der Waals surface area contributed by atoms with Crippen LogP contribution >= 0.6 is 11.6 Å². The molecule has 0 unspecified atom stereocenters. The lowest BCUT2D eigenvalue weighted by molar-refractivity contribution is 0.405. The van der Waals surface area contributed by atoms with Crippen molar-refractivity contribution in [3.63, 3.8) is 0 Å². The molecule has 0 aliphatic rings. The van der Waals surface area contributed by atoms with Gasteiger partial charge >= 0.3 is 0 Å². The third-order valence-corrected chi connectivity index (χ3v) is 4.04. The number of hydrogen-bond acceptors (Lipinski definition) is 4. The van der Waals surface area contributed by atoms with Crippen LogP contribution in [0.5, 0.6) is 0 Å². The minimum absolute atomic E-state index is 0.00510. The van der Waals surface area contributed by atoms with Gasteiger partial charge in [-0.05, 0) is 36.2 Å². The van der Waals surface area contributed by atoms with E-state index < -0.39 is 0 Å². The molecule has 4 N–H and O–H groups in total. The van der Waals surface area contributed by atoms with Crippen LogP contribution in [0.15, 0.2) is 36.7 Å². The maximum absolute atomic E-state index is 6.27. The van der Waals surface area contributed by atoms with Crippen molar-refractivity contribution in [2.75, 3.05) is 18.4 Å². The fourth-order valence-corrected chi connectivity index (χ4v) is 2.50. The van der Waals surface area contributed by atoms with Crippen molar-refractivity contribution in [3.8, 4) is 11.3 Å². The van der Waals surface area contributed by atoms with E-state index in [2.05, 4.69) is 34.1 Å². The lowest BCUT2D eigenvalue weighted by atomic mass is 9.94. The van der Waals surface area contributed by atoms with Gasteiger partial charge in [0.1, 0.15) is 11.5 Å². The minimum Gasteiger partial charge on any atom is -0.369 e. The number of anilines is 1. The van der Waals surface area contributed by atoms with Crippen molar-refractivity contribution >= 4 is 28.5 Å². The smallest absolute Gasteiger partial charge is 0.137 e. The van der Waals surface area contributed by atoms with Crippen LogP contribution in [0.2, 0.25) is 5.02 Å². The first-order chi connectivity index (χ1) is 11.0. The fraction of sp³-hybridized carbons (Fsp3) is 0.294. The van der Waals surface area contributed by atoms with Crippen LogP contribution in [0.4, 0.5) is 5.82 Å². The third kappa shape index (κ3) is 3.46. The molecule has 0 aliphatic heterocycles. The number of pyridine rings is 2. The van der Waals surface area contributed by atoms with Crippen molar-refractivity contribution < 1.29 is 0 Å². The molecule has 0 bridgehead atoms. The van der Waals surface area contributed by atoms with E-state index in [1.54, 1.807) is 6.20 Å². The highest BCUT2D eigenvalue weighted by molar-refractivity contribution is 6.31. The van der Waals surface area contributed by atoms with Crippen LogP contribution in [-0.2, 0) is 0 Å². The summed E-state index contributed by atoms with van der Waals surface area (Å²) < 4.78 is 0. The van der Waals surface area contributed by atoms with E-state index in [0.717, 1.165) is 34.7 Å². The number of nitrogens with zero attached hydrogens (tertiary/aromatic N) is 2. The molecular formula is C17H20ClN5. The van der Waals surface area contributed by atoms with Gasteiger partial charge in [0.25, 0.3) is 0 Å². The standard InChI is InChI=1S/C17H20ClN5/c1-17(2,9-19)10-22-15-7-11(18)6-14(23-15)13-8-21-16-12(13)4-3-5-20-16/h3-8H,9-10,19H2,1-2H3,(H,20,21)(H,22,23). The molecule has 3 rings (SSSR count). The molecule has 3 heterocycles. The van der Waals surface area contributed by atoms with E-state index in [0.29, 0.717) is 11.6 Å². The van der Waals surface area contributed by atoms with E-state index in [1.165, 1.54) is 0 Å². The highest BCUT2D eigenvalue weighted by Gasteiger charge is 2.16. The summed E-state index contributed by atoms with van der Waals surface area (Å²) in [7, 11) is 0. The first-order valence-electron chi connectivity index (χ1n) is 7.52. The monoisotopic (exact) mass is 329 g/mol. The summed E-state index contributed by atoms with van der Waals surface area (Å²) in [6.07, 6.45) is 3.67. The van der Waals surface area contributed by atoms with Crippen LogP contribution in [0.25, 0.3) is 22.3 Å². The molecule has 5 nitrogen and oxygen atoms in total. The fourth-order valence-electron chi connectivity index (χ4n) is 2.30. The molecule has 0 radical (unpaired) electrons. The summed E-state index contributed by atoms with van der Waals surface area (Å²) in [5, 5.41) is 4.99. The summed E-state index contributed by atoms with van der Waals surface area (Å²) in [4.78, 5) is 12.1. The van der Waals surface area contributed by atoms with Crippen molar-refractivity contribution in [1.29, 1.82) is 0 Å². The average Bonchev–Trinajstić information content (AvgIpc) is 2.97. The zero-order valence-electron chi connectivity index (χ0n) is 13.2. The number of fused-ring (bicyclic) bond motifs is 1. The van der Waals surface area contributed by atoms with Crippen LogP contribution in [-0.4, -0.2) is 28.0 Å². The average molecular weight is 330 g/mol. The van der Waals surface area contributed by atoms with Gasteiger partial charge in [0.15, 0.2) is 0 Å². The number of aromatic amines is 1. The molecule has 0 aromatic carbocycles. The Morgan fingerprint density at radius 2 is 2.17 bits per heavy atom. The Morgan fingerprint density at radius 1 is 1.35 bits per heavy atom. The van der Waals surface area contributed by atoms with Gasteiger partial charge in [0, 0.05) is 34.9 Å². The molecule has 120 valence electrons. The SMILES string of the molecule is CC(C)(CN)CNc1cc(Cl)cc(-c2c[nH]c3ncccc23)n1. The number of aromatic nitrogens is 3. The quantitative estimate of drug-likeness (QED) is 0.667. The zero-order valence-corrected chi connectivity index (χ0v) is 14.0. The zero-order chi connectivity index (χ0) is 16.4. The lowest BCUT2D eigenvalue weighted by Gasteiger charge is -2.23. The van der Waals surface area contributed by atoms with E-state index in [4.69, 9.17) is 17.3 Å². The molecule has 23 heavy (non-hydrogen) atoms. The Bertz CT molecular complexity index is 825. The van der Waals surface area contributed by atoms with Crippen LogP contribution in [0.3, 0.4) is 0 Å². The Balaban J connectivity index is 1.94. The largest absolute Gasteiger partial charge is 0.369 e. The summed E-state index contributed by atoms with van der Waals surface area (Å²) in [6, 6.07) is 7.61. The Kier molecular flexibility index (Phi) is 4.24. The first kappa shape index (κ1) is 15.8. The second-order valence-corrected chi connectivity index (χ2v) is 6.82. The van der Waals surface area contributed by atoms with Crippen LogP contribution < -0.4 is 11.1 Å². The Hall–Kier alpha value is -2.11. The molecular weight excluding hydrogens is 310 g/mol. The highest BCUT2D eigenvalue weighted by atomic mass is 35.5. The van der Waals surface area contributed by atoms with Crippen molar-refractivity contribution in [3.05, 3.63) is 41.7 Å². The van der Waals surface area contributed by atoms with Crippen molar-refractivity contribution in [2.24, 2.45) is 11.1 Å². The second kappa shape index (κ2) is 6.18. The summed E-state index contributed by atoms with van der Waals surface area (Å²) >= 11 is 6.27. The third-order valence-electron chi connectivity index (χ3n) is 3.82. The predicted octanol–water partition coefficient (Wildman–Crippen LogP) is 3.68. The second-order valence-electron chi connectivity index (χ2n) is 6.38. The molecule has 0 fully saturated rings. The van der Waals surface area contributed by atoms with E-state index in [9.17, 15) is 0 Å². The summed E-state index contributed by atoms with van der Waals surface area (Å²) in [6.45, 7) is 5.54. The van der Waals surface area contributed by atoms with E-state index in [1.807, 2.05) is 30.5 Å². The molecule has 0 aliphatic carbocycles. The predicted molar refractivity (Wildman–Crippen MR) is 95.7 cm³/mol. The van der Waals surface area contributed by atoms with E-state index in [-0.39, 0.29) is 5.41 Å². The molecule has 0 saturated carbocycles. The molecule has 3 aromatic rings. The summed E-state index contributed by atoms with van der Waals surface area (Å²) in [5.41, 5.74) is 8.40. The van der Waals surface area contributed by atoms with Gasteiger partial charge in [-0.15, -0.1) is 0 Å². The normalized spacial score (nSPS) is 11.8. The van der Waals surface area contributed by atoms with E-state index >= 15 is 0 Å². The summed E-state index contributed by atoms with van der Waals surface area (Å²) in [5.74, 6) is 0.743. The van der Waals surface area contributed by atoms with Crippen molar-refractivity contribution in [2.45, 2.75) is 13.8 Å². The first-order valence-corrected chi connectivity index (χ1v) is 7.90. The van der Waals surface area contributed by atoms with Crippen molar-refractivity contribution in [1.82, 2.24) is 15.0 Å². The number of hydrogen-bond donors (Lipinski definition) is 3. The Labute approximate surface area is 140 Å². The maximum atomic E-state index is 6.27. The molecule has 0 amide bonds. The molecule has 3 aromatic heterocycles. The number of nitrogens with one attached hydrogen (secondary N) is 2. The number of rotatable bonds is 5. The number of nitrogens with two attached hydrogens (primary N) is 1. The molecule has 6 heteroatoms. The minimum atomic E-state index is -0.00510. The van der Waals surface area contributed by atoms with Gasteiger partial charge < -0.3 is 16.0 Å². The van der Waals surface area contributed by atoms with Crippen LogP contribution in [0, 0.1) is 5.41 Å². The van der Waals surface area contributed by atoms with Gasteiger partial charge in [-0.3, -0.25) is 0 Å². The number of H-pyrrole nitrogens is 1. The number of halogens is 1. The molecule has 0 saturated heterocycles. The molecule has 0 spiro atoms. The van der Waals surface area contributed by atoms with Gasteiger partial charge in [0.2, 0.25) is 0 Å². The van der Waals surface area contributed by atoms with Crippen LogP contribution in [0.1, 0.15) is 13.8 Å². The topological polar surface area (TPSA) is 79.6 Å². The maximum Gasteiger partial charge on any atom is 0.137 e. The molecule has 0 atom stereocenters. The Morgan fingerprint density at radius 3 is 2.96 bits per heavy atom. The van der Waals surface area contributed by atoms with Gasteiger partial charge in [-0.1, -0.05) is 25.4 Å². The lowest BCUT2D eigenvalue weighted by Crippen LogP contribution is -2.31. The van der Waals surface area contributed by atoms with Gasteiger partial charge in [-0.25, -0.2) is 9.97 Å². The van der Waals surface area contributed by atoms with Gasteiger partial charge in [-0.2, -0.15) is 0 Å². The van der Waals surface area contributed by atoms with Gasteiger partial charge in [0.05, 0.1) is 5.69 Å².